The van der Waals surface area contributed by atoms with E-state index in [2.05, 4.69) is 5.10 Å². The second-order valence-electron chi connectivity index (χ2n) is 4.59. The largest absolute Gasteiger partial charge is 0.481 e. The molecule has 1 heterocycles. The van der Waals surface area contributed by atoms with Crippen LogP contribution in [0.5, 0.6) is 0 Å². The van der Waals surface area contributed by atoms with Crippen LogP contribution < -0.4 is 5.56 Å². The van der Waals surface area contributed by atoms with E-state index < -0.39 is 5.97 Å². The fourth-order valence-corrected chi connectivity index (χ4v) is 2.10. The molecule has 19 heavy (non-hydrogen) atoms. The first-order valence-corrected chi connectivity index (χ1v) is 6.05. The third kappa shape index (κ3) is 2.76. The summed E-state index contributed by atoms with van der Waals surface area (Å²) >= 11 is 0. The minimum absolute atomic E-state index is 0.0497. The number of aromatic amines is 1. The summed E-state index contributed by atoms with van der Waals surface area (Å²) < 4.78 is 1.38. The Bertz CT molecular complexity index is 668. The molecule has 5 heteroatoms. The van der Waals surface area contributed by atoms with Gasteiger partial charge in [0.15, 0.2) is 0 Å². The number of H-pyrrole nitrogens is 1. The average Bonchev–Trinajstić information content (AvgIpc) is 2.63. The lowest BCUT2D eigenvalue weighted by atomic mass is 10.0. The van der Waals surface area contributed by atoms with Gasteiger partial charge in [-0.15, -0.1) is 0 Å². The molecule has 0 bridgehead atoms. The molecule has 0 radical (unpaired) electrons. The number of aromatic nitrogens is 2. The SMILES string of the molecule is Cc1cccc(-c2[nH]n(C)c(=O)c2CCC(=O)O)c1. The highest BCUT2D eigenvalue weighted by Crippen LogP contribution is 2.21. The number of nitrogens with zero attached hydrogens (tertiary/aromatic N) is 1. The van der Waals surface area contributed by atoms with Gasteiger partial charge in [0.25, 0.3) is 5.56 Å². The van der Waals surface area contributed by atoms with Gasteiger partial charge in [-0.25, -0.2) is 0 Å². The summed E-state index contributed by atoms with van der Waals surface area (Å²) in [7, 11) is 1.63. The number of carboxylic acids is 1. The van der Waals surface area contributed by atoms with Gasteiger partial charge in [-0.2, -0.15) is 0 Å². The van der Waals surface area contributed by atoms with Gasteiger partial charge in [0.2, 0.25) is 0 Å². The molecule has 2 aromatic rings. The molecule has 0 aliphatic carbocycles. The summed E-state index contributed by atoms with van der Waals surface area (Å²) in [5.74, 6) is -0.904. The molecule has 0 aliphatic rings. The zero-order chi connectivity index (χ0) is 14.0. The molecule has 0 saturated carbocycles. The Labute approximate surface area is 110 Å². The summed E-state index contributed by atoms with van der Waals surface area (Å²) in [6, 6.07) is 7.76. The zero-order valence-electron chi connectivity index (χ0n) is 10.9. The maximum atomic E-state index is 12.0. The number of hydrogen-bond acceptors (Lipinski definition) is 2. The third-order valence-corrected chi connectivity index (χ3v) is 3.04. The molecule has 0 amide bonds. The van der Waals surface area contributed by atoms with Gasteiger partial charge in [-0.05, 0) is 19.4 Å². The quantitative estimate of drug-likeness (QED) is 0.878. The van der Waals surface area contributed by atoms with E-state index in [1.807, 2.05) is 31.2 Å². The van der Waals surface area contributed by atoms with Gasteiger partial charge in [0, 0.05) is 24.6 Å². The minimum atomic E-state index is -0.904. The minimum Gasteiger partial charge on any atom is -0.481 e. The first-order valence-electron chi connectivity index (χ1n) is 6.05. The Hall–Kier alpha value is -2.30. The fraction of sp³-hybridized carbons (Fsp3) is 0.286. The fourth-order valence-electron chi connectivity index (χ4n) is 2.10. The topological polar surface area (TPSA) is 75.1 Å². The second kappa shape index (κ2) is 5.14. The molecule has 0 spiro atoms. The Kier molecular flexibility index (Phi) is 3.55. The van der Waals surface area contributed by atoms with Crippen LogP contribution in [0, 0.1) is 6.92 Å². The van der Waals surface area contributed by atoms with Crippen molar-refractivity contribution in [2.75, 3.05) is 0 Å². The second-order valence-corrected chi connectivity index (χ2v) is 4.59. The summed E-state index contributed by atoms with van der Waals surface area (Å²) in [6.45, 7) is 1.97. The maximum Gasteiger partial charge on any atom is 0.303 e. The van der Waals surface area contributed by atoms with Gasteiger partial charge in [-0.3, -0.25) is 19.4 Å². The van der Waals surface area contributed by atoms with Gasteiger partial charge in [-0.1, -0.05) is 23.8 Å². The van der Waals surface area contributed by atoms with Crippen LogP contribution >= 0.6 is 0 Å². The van der Waals surface area contributed by atoms with E-state index in [0.29, 0.717) is 11.3 Å². The van der Waals surface area contributed by atoms with Crippen LogP contribution in [-0.2, 0) is 18.3 Å². The van der Waals surface area contributed by atoms with Crippen molar-refractivity contribution in [3.05, 3.63) is 45.7 Å². The van der Waals surface area contributed by atoms with E-state index in [1.54, 1.807) is 7.05 Å². The van der Waals surface area contributed by atoms with Crippen molar-refractivity contribution < 1.29 is 9.90 Å². The van der Waals surface area contributed by atoms with Gasteiger partial charge in [0.1, 0.15) is 0 Å². The van der Waals surface area contributed by atoms with Gasteiger partial charge in [0.05, 0.1) is 5.69 Å². The predicted octanol–water partition coefficient (Wildman–Crippen LogP) is 1.71. The highest BCUT2D eigenvalue weighted by molar-refractivity contribution is 5.69. The smallest absolute Gasteiger partial charge is 0.303 e. The maximum absolute atomic E-state index is 12.0. The molecule has 0 atom stereocenters. The first-order chi connectivity index (χ1) is 8.99. The lowest BCUT2D eigenvalue weighted by Gasteiger charge is -2.03. The number of carboxylic acid groups (broad SMARTS) is 1. The molecular formula is C14H16N2O3. The highest BCUT2D eigenvalue weighted by atomic mass is 16.4. The number of carbonyl (C=O) groups is 1. The van der Waals surface area contributed by atoms with E-state index in [4.69, 9.17) is 5.11 Å². The van der Waals surface area contributed by atoms with E-state index in [-0.39, 0.29) is 18.4 Å². The molecule has 0 fully saturated rings. The molecule has 1 aromatic carbocycles. The number of aryl methyl sites for hydroxylation is 2. The molecule has 0 aliphatic heterocycles. The van der Waals surface area contributed by atoms with Crippen LogP contribution in [0.4, 0.5) is 0 Å². The van der Waals surface area contributed by atoms with E-state index in [0.717, 1.165) is 11.1 Å². The van der Waals surface area contributed by atoms with Crippen LogP contribution in [-0.4, -0.2) is 20.9 Å². The highest BCUT2D eigenvalue weighted by Gasteiger charge is 2.15. The lowest BCUT2D eigenvalue weighted by Crippen LogP contribution is -2.16. The molecular weight excluding hydrogens is 244 g/mol. The van der Waals surface area contributed by atoms with Crippen molar-refractivity contribution in [2.24, 2.45) is 7.05 Å². The normalized spacial score (nSPS) is 10.6. The van der Waals surface area contributed by atoms with Crippen molar-refractivity contribution in [3.63, 3.8) is 0 Å². The Morgan fingerprint density at radius 1 is 1.42 bits per heavy atom. The van der Waals surface area contributed by atoms with Crippen LogP contribution in [0.3, 0.4) is 0 Å². The third-order valence-electron chi connectivity index (χ3n) is 3.04. The Morgan fingerprint density at radius 2 is 2.16 bits per heavy atom. The van der Waals surface area contributed by atoms with Crippen LogP contribution in [0.1, 0.15) is 17.5 Å². The monoisotopic (exact) mass is 260 g/mol. The number of benzene rings is 1. The van der Waals surface area contributed by atoms with Crippen molar-refractivity contribution >= 4 is 5.97 Å². The van der Waals surface area contributed by atoms with Crippen molar-refractivity contribution in [2.45, 2.75) is 19.8 Å². The molecule has 5 nitrogen and oxygen atoms in total. The Balaban J connectivity index is 2.48. The molecule has 2 N–H and O–H groups in total. The Morgan fingerprint density at radius 3 is 2.79 bits per heavy atom. The standard InChI is InChI=1S/C14H16N2O3/c1-9-4-3-5-10(8-9)13-11(6-7-12(17)18)14(19)16(2)15-13/h3-5,8,15H,6-7H2,1-2H3,(H,17,18). The van der Waals surface area contributed by atoms with E-state index in [9.17, 15) is 9.59 Å². The van der Waals surface area contributed by atoms with Crippen molar-refractivity contribution in [3.8, 4) is 11.3 Å². The average molecular weight is 260 g/mol. The first kappa shape index (κ1) is 13.1. The summed E-state index contributed by atoms with van der Waals surface area (Å²) in [4.78, 5) is 22.7. The summed E-state index contributed by atoms with van der Waals surface area (Å²) in [6.07, 6.45) is 0.181. The van der Waals surface area contributed by atoms with E-state index >= 15 is 0 Å². The number of rotatable bonds is 4. The molecule has 2 rings (SSSR count). The molecule has 1 aromatic heterocycles. The molecule has 0 saturated heterocycles. The van der Waals surface area contributed by atoms with Crippen LogP contribution in [0.15, 0.2) is 29.1 Å². The van der Waals surface area contributed by atoms with Gasteiger partial charge < -0.3 is 5.11 Å². The number of nitrogens with one attached hydrogen (secondary N) is 1. The van der Waals surface area contributed by atoms with Crippen LogP contribution in [0.25, 0.3) is 11.3 Å². The van der Waals surface area contributed by atoms with Crippen molar-refractivity contribution in [1.82, 2.24) is 9.78 Å². The number of aliphatic carboxylic acids is 1. The summed E-state index contributed by atoms with van der Waals surface area (Å²) in [5.41, 5.74) is 3.05. The molecule has 100 valence electrons. The predicted molar refractivity (Wildman–Crippen MR) is 72.2 cm³/mol. The van der Waals surface area contributed by atoms with Crippen LogP contribution in [0.2, 0.25) is 0 Å². The zero-order valence-corrected chi connectivity index (χ0v) is 10.9. The van der Waals surface area contributed by atoms with Crippen molar-refractivity contribution in [1.29, 1.82) is 0 Å². The molecule has 0 unspecified atom stereocenters. The van der Waals surface area contributed by atoms with Gasteiger partial charge >= 0.3 is 5.97 Å². The number of hydrogen-bond donors (Lipinski definition) is 2. The van der Waals surface area contributed by atoms with E-state index in [1.165, 1.54) is 4.68 Å². The lowest BCUT2D eigenvalue weighted by molar-refractivity contribution is -0.136. The summed E-state index contributed by atoms with van der Waals surface area (Å²) in [5, 5.41) is 11.8.